The fourth-order valence-electron chi connectivity index (χ4n) is 3.39. The molecular weight excluding hydrogens is 463 g/mol. The highest BCUT2D eigenvalue weighted by molar-refractivity contribution is 9.10. The molecule has 0 unspecified atom stereocenters. The van der Waals surface area contributed by atoms with Crippen LogP contribution in [0.1, 0.15) is 34.9 Å². The minimum atomic E-state index is -0.457. The molecular formula is C22H18BrFN6O. The molecule has 1 aliphatic rings. The molecule has 1 aromatic carbocycles. The van der Waals surface area contributed by atoms with E-state index in [2.05, 4.69) is 37.0 Å². The molecule has 0 bridgehead atoms. The van der Waals surface area contributed by atoms with E-state index in [-0.39, 0.29) is 6.01 Å². The molecule has 0 radical (unpaired) electrons. The van der Waals surface area contributed by atoms with E-state index in [4.69, 9.17) is 9.73 Å². The van der Waals surface area contributed by atoms with Crippen LogP contribution in [0.15, 0.2) is 46.1 Å². The number of rotatable bonds is 5. The van der Waals surface area contributed by atoms with Crippen LogP contribution in [-0.4, -0.2) is 27.4 Å². The van der Waals surface area contributed by atoms with Crippen LogP contribution < -0.4 is 9.64 Å². The summed E-state index contributed by atoms with van der Waals surface area (Å²) < 4.78 is 20.3. The standard InChI is InChI=1S/C22H18BrFN6O/c1-3-31-22-28-13(2)19-11-27-20(16-7-18(24)10-26-9-16)30(21(19)29-22)12-14-4-5-17(23)6-15(14)8-25/h4-7,9-10H,3,11-12H2,1-2H3. The third-order valence-electron chi connectivity index (χ3n) is 4.83. The van der Waals surface area contributed by atoms with E-state index in [9.17, 15) is 9.65 Å². The second-order valence-corrected chi connectivity index (χ2v) is 7.77. The number of aliphatic imine (C=N–C) groups is 1. The van der Waals surface area contributed by atoms with Crippen LogP contribution in [0.3, 0.4) is 0 Å². The monoisotopic (exact) mass is 480 g/mol. The Morgan fingerprint density at radius 2 is 2.10 bits per heavy atom. The predicted molar refractivity (Wildman–Crippen MR) is 117 cm³/mol. The number of anilines is 1. The van der Waals surface area contributed by atoms with E-state index in [0.717, 1.165) is 27.5 Å². The summed E-state index contributed by atoms with van der Waals surface area (Å²) in [5, 5.41) is 9.62. The summed E-state index contributed by atoms with van der Waals surface area (Å²) in [6, 6.07) is 9.38. The van der Waals surface area contributed by atoms with Crippen molar-refractivity contribution < 1.29 is 9.13 Å². The van der Waals surface area contributed by atoms with Crippen molar-refractivity contribution in [1.29, 1.82) is 5.26 Å². The van der Waals surface area contributed by atoms with E-state index in [1.54, 1.807) is 12.3 Å². The minimum Gasteiger partial charge on any atom is -0.464 e. The molecule has 0 N–H and O–H groups in total. The van der Waals surface area contributed by atoms with Gasteiger partial charge in [0.15, 0.2) is 0 Å². The van der Waals surface area contributed by atoms with Gasteiger partial charge in [0.05, 0.1) is 43.2 Å². The largest absolute Gasteiger partial charge is 0.464 e. The molecule has 0 amide bonds. The molecule has 31 heavy (non-hydrogen) atoms. The molecule has 3 heterocycles. The smallest absolute Gasteiger partial charge is 0.318 e. The molecule has 7 nitrogen and oxygen atoms in total. The van der Waals surface area contributed by atoms with Gasteiger partial charge in [-0.2, -0.15) is 10.2 Å². The zero-order valence-electron chi connectivity index (χ0n) is 16.9. The number of hydrogen-bond acceptors (Lipinski definition) is 7. The average Bonchev–Trinajstić information content (AvgIpc) is 2.75. The predicted octanol–water partition coefficient (Wildman–Crippen LogP) is 4.32. The van der Waals surface area contributed by atoms with Crippen molar-refractivity contribution in [2.45, 2.75) is 26.9 Å². The van der Waals surface area contributed by atoms with Gasteiger partial charge in [0.1, 0.15) is 17.5 Å². The number of ether oxygens (including phenoxy) is 1. The maximum Gasteiger partial charge on any atom is 0.318 e. The zero-order chi connectivity index (χ0) is 22.0. The van der Waals surface area contributed by atoms with Crippen molar-refractivity contribution in [3.8, 4) is 12.1 Å². The summed E-state index contributed by atoms with van der Waals surface area (Å²) in [6.45, 7) is 4.83. The van der Waals surface area contributed by atoms with E-state index in [1.807, 2.05) is 30.9 Å². The van der Waals surface area contributed by atoms with Gasteiger partial charge in [-0.1, -0.05) is 22.0 Å². The Bertz CT molecular complexity index is 1220. The molecule has 4 rings (SSSR count). The third kappa shape index (κ3) is 4.25. The Morgan fingerprint density at radius 1 is 1.26 bits per heavy atom. The molecule has 0 fully saturated rings. The summed E-state index contributed by atoms with van der Waals surface area (Å²) in [5.41, 5.74) is 3.44. The lowest BCUT2D eigenvalue weighted by molar-refractivity contribution is 0.311. The van der Waals surface area contributed by atoms with E-state index < -0.39 is 5.82 Å². The summed E-state index contributed by atoms with van der Waals surface area (Å²) in [6.07, 6.45) is 2.71. The van der Waals surface area contributed by atoms with Gasteiger partial charge in [0, 0.05) is 21.8 Å². The molecule has 1 aliphatic heterocycles. The molecule has 0 saturated carbocycles. The first kappa shape index (κ1) is 20.9. The van der Waals surface area contributed by atoms with Crippen LogP contribution in [-0.2, 0) is 13.1 Å². The lowest BCUT2D eigenvalue weighted by Gasteiger charge is -2.31. The Kier molecular flexibility index (Phi) is 5.91. The number of hydrogen-bond donors (Lipinski definition) is 0. The lowest BCUT2D eigenvalue weighted by atomic mass is 10.1. The normalized spacial score (nSPS) is 12.7. The first-order chi connectivity index (χ1) is 15.0. The Balaban J connectivity index is 1.86. The number of nitrogens with zero attached hydrogens (tertiary/aromatic N) is 6. The zero-order valence-corrected chi connectivity index (χ0v) is 18.5. The first-order valence-electron chi connectivity index (χ1n) is 9.62. The Morgan fingerprint density at radius 3 is 2.84 bits per heavy atom. The van der Waals surface area contributed by atoms with Gasteiger partial charge in [-0.3, -0.25) is 9.98 Å². The number of fused-ring (bicyclic) bond motifs is 1. The van der Waals surface area contributed by atoms with Crippen LogP contribution in [0.25, 0.3) is 0 Å². The number of aryl methyl sites for hydroxylation is 1. The van der Waals surface area contributed by atoms with Gasteiger partial charge in [-0.05, 0) is 37.6 Å². The highest BCUT2D eigenvalue weighted by atomic mass is 79.9. The summed E-state index contributed by atoms with van der Waals surface area (Å²) in [7, 11) is 0. The number of halogens is 2. The van der Waals surface area contributed by atoms with Gasteiger partial charge in [-0.15, -0.1) is 0 Å². The fraction of sp³-hybridized carbons (Fsp3) is 0.227. The van der Waals surface area contributed by atoms with Gasteiger partial charge < -0.3 is 9.64 Å². The van der Waals surface area contributed by atoms with Crippen molar-refractivity contribution >= 4 is 27.6 Å². The molecule has 0 atom stereocenters. The third-order valence-corrected chi connectivity index (χ3v) is 5.32. The molecule has 0 spiro atoms. The maximum absolute atomic E-state index is 13.9. The quantitative estimate of drug-likeness (QED) is 0.540. The summed E-state index contributed by atoms with van der Waals surface area (Å²) in [5.74, 6) is 0.685. The lowest BCUT2D eigenvalue weighted by Crippen LogP contribution is -2.36. The van der Waals surface area contributed by atoms with Crippen LogP contribution in [0.5, 0.6) is 6.01 Å². The Hall–Kier alpha value is -3.38. The molecule has 156 valence electrons. The molecule has 2 aromatic heterocycles. The Labute approximate surface area is 187 Å². The van der Waals surface area contributed by atoms with Crippen LogP contribution in [0, 0.1) is 24.1 Å². The van der Waals surface area contributed by atoms with Crippen LogP contribution in [0.2, 0.25) is 0 Å². The SMILES string of the molecule is CCOc1nc(C)c2c(n1)N(Cc1ccc(Br)cc1C#N)C(c1cncc(F)c1)=NC2. The van der Waals surface area contributed by atoms with E-state index in [1.165, 1.54) is 6.07 Å². The van der Waals surface area contributed by atoms with E-state index in [0.29, 0.717) is 42.5 Å². The van der Waals surface area contributed by atoms with Crippen molar-refractivity contribution in [3.63, 3.8) is 0 Å². The molecule has 9 heteroatoms. The van der Waals surface area contributed by atoms with Crippen molar-refractivity contribution in [3.05, 3.63) is 74.9 Å². The summed E-state index contributed by atoms with van der Waals surface area (Å²) >= 11 is 3.41. The van der Waals surface area contributed by atoms with Crippen molar-refractivity contribution in [2.24, 2.45) is 4.99 Å². The fourth-order valence-corrected chi connectivity index (χ4v) is 3.75. The molecule has 3 aromatic rings. The number of amidine groups is 1. The number of nitriles is 1. The van der Waals surface area contributed by atoms with Crippen LogP contribution in [0.4, 0.5) is 10.2 Å². The second kappa shape index (κ2) is 8.78. The van der Waals surface area contributed by atoms with Gasteiger partial charge >= 0.3 is 6.01 Å². The number of aromatic nitrogens is 3. The first-order valence-corrected chi connectivity index (χ1v) is 10.4. The van der Waals surface area contributed by atoms with Gasteiger partial charge in [0.25, 0.3) is 0 Å². The molecule has 0 aliphatic carbocycles. The average molecular weight is 481 g/mol. The molecule has 0 saturated heterocycles. The maximum atomic E-state index is 13.9. The number of pyridine rings is 1. The second-order valence-electron chi connectivity index (χ2n) is 6.86. The van der Waals surface area contributed by atoms with Gasteiger partial charge in [0.2, 0.25) is 0 Å². The van der Waals surface area contributed by atoms with Crippen LogP contribution >= 0.6 is 15.9 Å². The highest BCUT2D eigenvalue weighted by Crippen LogP contribution is 2.32. The van der Waals surface area contributed by atoms with E-state index >= 15 is 0 Å². The van der Waals surface area contributed by atoms with Crippen molar-refractivity contribution in [1.82, 2.24) is 15.0 Å². The number of benzene rings is 1. The topological polar surface area (TPSA) is 87.3 Å². The van der Waals surface area contributed by atoms with Gasteiger partial charge in [-0.25, -0.2) is 9.37 Å². The highest BCUT2D eigenvalue weighted by Gasteiger charge is 2.28. The van der Waals surface area contributed by atoms with Crippen molar-refractivity contribution in [2.75, 3.05) is 11.5 Å². The minimum absolute atomic E-state index is 0.263. The summed E-state index contributed by atoms with van der Waals surface area (Å²) in [4.78, 5) is 19.6.